The average Bonchev–Trinajstić information content (AvgIpc) is 2.51. The fraction of sp³-hybridized carbons (Fsp3) is 0.571. The first-order chi connectivity index (χ1) is 6.88. The SMILES string of the molecule is CC1=C(/C2=C/CC/C=C\CC2)CCC1.[Ir]. The first kappa shape index (κ1) is 12.9. The minimum absolute atomic E-state index is 0. The minimum Gasteiger partial charge on any atom is -0.0882 e. The summed E-state index contributed by atoms with van der Waals surface area (Å²) >= 11 is 0. The van der Waals surface area contributed by atoms with Crippen LogP contribution in [0.25, 0.3) is 0 Å². The van der Waals surface area contributed by atoms with E-state index in [1.54, 1.807) is 16.7 Å². The first-order valence-corrected chi connectivity index (χ1v) is 5.91. The van der Waals surface area contributed by atoms with Crippen LogP contribution in [-0.2, 0) is 20.1 Å². The van der Waals surface area contributed by atoms with E-state index < -0.39 is 0 Å². The van der Waals surface area contributed by atoms with Crippen LogP contribution in [0.1, 0.15) is 51.9 Å². The van der Waals surface area contributed by atoms with Crippen LogP contribution in [0, 0.1) is 0 Å². The van der Waals surface area contributed by atoms with Crippen molar-refractivity contribution in [3.05, 3.63) is 34.9 Å². The average molecular weight is 381 g/mol. The molecule has 0 atom stereocenters. The van der Waals surface area contributed by atoms with Crippen LogP contribution in [0.15, 0.2) is 34.9 Å². The molecule has 1 radical (unpaired) electrons. The summed E-state index contributed by atoms with van der Waals surface area (Å²) in [5.74, 6) is 0. The standard InChI is InChI=1S/C14H20.Ir/c1-12-8-7-11-14(12)13-9-5-3-2-4-6-10-13;/h2-3,10H,4-9,11H2,1H3;/b3-2-,13-10+;. The van der Waals surface area contributed by atoms with Gasteiger partial charge in [-0.25, -0.2) is 0 Å². The monoisotopic (exact) mass is 381 g/mol. The molecule has 2 aliphatic carbocycles. The molecule has 1 heteroatoms. The second kappa shape index (κ2) is 6.45. The first-order valence-electron chi connectivity index (χ1n) is 5.91. The zero-order valence-electron chi connectivity index (χ0n) is 9.52. The molecule has 0 N–H and O–H groups in total. The van der Waals surface area contributed by atoms with Crippen LogP contribution >= 0.6 is 0 Å². The van der Waals surface area contributed by atoms with Gasteiger partial charge in [-0.15, -0.1) is 0 Å². The maximum Gasteiger partial charge on any atom is 0 e. The summed E-state index contributed by atoms with van der Waals surface area (Å²) in [7, 11) is 0. The summed E-state index contributed by atoms with van der Waals surface area (Å²) in [5, 5.41) is 0. The fourth-order valence-corrected chi connectivity index (χ4v) is 2.53. The van der Waals surface area contributed by atoms with E-state index in [0.29, 0.717) is 0 Å². The predicted octanol–water partition coefficient (Wildman–Crippen LogP) is 4.54. The van der Waals surface area contributed by atoms with E-state index in [0.717, 1.165) is 0 Å². The fourth-order valence-electron chi connectivity index (χ4n) is 2.53. The second-order valence-corrected chi connectivity index (χ2v) is 4.43. The van der Waals surface area contributed by atoms with Gasteiger partial charge in [-0.2, -0.15) is 0 Å². The molecule has 0 aromatic carbocycles. The Labute approximate surface area is 107 Å². The third kappa shape index (κ3) is 3.43. The van der Waals surface area contributed by atoms with Crippen LogP contribution in [-0.4, -0.2) is 0 Å². The van der Waals surface area contributed by atoms with E-state index in [-0.39, 0.29) is 20.1 Å². The Morgan fingerprint density at radius 1 is 0.933 bits per heavy atom. The third-order valence-corrected chi connectivity index (χ3v) is 3.35. The summed E-state index contributed by atoms with van der Waals surface area (Å²) in [5.41, 5.74) is 5.01. The molecule has 0 saturated carbocycles. The van der Waals surface area contributed by atoms with Crippen molar-refractivity contribution in [3.8, 4) is 0 Å². The number of hydrogen-bond donors (Lipinski definition) is 0. The van der Waals surface area contributed by atoms with Crippen molar-refractivity contribution in [2.75, 3.05) is 0 Å². The molecular formula is C14H20Ir. The Kier molecular flexibility index (Phi) is 5.56. The van der Waals surface area contributed by atoms with Gasteiger partial charge in [-0.3, -0.25) is 0 Å². The number of allylic oxidation sites excluding steroid dienone is 6. The van der Waals surface area contributed by atoms with Crippen LogP contribution in [0.2, 0.25) is 0 Å². The molecule has 0 heterocycles. The second-order valence-electron chi connectivity index (χ2n) is 4.43. The van der Waals surface area contributed by atoms with Crippen molar-refractivity contribution in [1.29, 1.82) is 0 Å². The minimum atomic E-state index is 0. The van der Waals surface area contributed by atoms with Gasteiger partial charge in [0.15, 0.2) is 0 Å². The van der Waals surface area contributed by atoms with Crippen LogP contribution in [0.4, 0.5) is 0 Å². The van der Waals surface area contributed by atoms with Crippen molar-refractivity contribution in [2.45, 2.75) is 51.9 Å². The van der Waals surface area contributed by atoms with Crippen molar-refractivity contribution < 1.29 is 20.1 Å². The van der Waals surface area contributed by atoms with Gasteiger partial charge in [0.05, 0.1) is 0 Å². The zero-order chi connectivity index (χ0) is 9.80. The molecule has 0 saturated heterocycles. The normalized spacial score (nSPS) is 27.4. The maximum absolute atomic E-state index is 2.48. The Bertz CT molecular complexity index is 294. The molecule has 0 aromatic heterocycles. The molecule has 0 aromatic rings. The number of rotatable bonds is 1. The quantitative estimate of drug-likeness (QED) is 0.586. The third-order valence-electron chi connectivity index (χ3n) is 3.35. The summed E-state index contributed by atoms with van der Waals surface area (Å²) in [6.07, 6.45) is 16.2. The van der Waals surface area contributed by atoms with E-state index in [1.165, 1.54) is 44.9 Å². The maximum atomic E-state index is 2.48. The topological polar surface area (TPSA) is 0 Å². The van der Waals surface area contributed by atoms with Crippen molar-refractivity contribution in [2.24, 2.45) is 0 Å². The van der Waals surface area contributed by atoms with Gasteiger partial charge in [-0.05, 0) is 63.0 Å². The summed E-state index contributed by atoms with van der Waals surface area (Å²) in [6, 6.07) is 0. The molecular weight excluding hydrogens is 360 g/mol. The molecule has 0 spiro atoms. The van der Waals surface area contributed by atoms with Crippen molar-refractivity contribution in [3.63, 3.8) is 0 Å². The zero-order valence-corrected chi connectivity index (χ0v) is 11.9. The summed E-state index contributed by atoms with van der Waals surface area (Å²) in [6.45, 7) is 2.32. The molecule has 0 amide bonds. The molecule has 85 valence electrons. The van der Waals surface area contributed by atoms with Gasteiger partial charge < -0.3 is 0 Å². The Morgan fingerprint density at radius 2 is 1.73 bits per heavy atom. The van der Waals surface area contributed by atoms with E-state index in [2.05, 4.69) is 25.2 Å². The molecule has 15 heavy (non-hydrogen) atoms. The van der Waals surface area contributed by atoms with Crippen molar-refractivity contribution in [1.82, 2.24) is 0 Å². The van der Waals surface area contributed by atoms with E-state index in [4.69, 9.17) is 0 Å². The van der Waals surface area contributed by atoms with E-state index in [9.17, 15) is 0 Å². The van der Waals surface area contributed by atoms with Crippen LogP contribution < -0.4 is 0 Å². The molecule has 2 rings (SSSR count). The van der Waals surface area contributed by atoms with E-state index in [1.807, 2.05) is 0 Å². The van der Waals surface area contributed by atoms with Crippen LogP contribution in [0.5, 0.6) is 0 Å². The number of hydrogen-bond acceptors (Lipinski definition) is 0. The van der Waals surface area contributed by atoms with E-state index >= 15 is 0 Å². The van der Waals surface area contributed by atoms with Gasteiger partial charge in [0.25, 0.3) is 0 Å². The molecule has 0 aliphatic heterocycles. The van der Waals surface area contributed by atoms with Crippen LogP contribution in [0.3, 0.4) is 0 Å². The molecule has 0 unspecified atom stereocenters. The predicted molar refractivity (Wildman–Crippen MR) is 62.2 cm³/mol. The van der Waals surface area contributed by atoms with Gasteiger partial charge in [0.1, 0.15) is 0 Å². The largest absolute Gasteiger partial charge is 0.0882 e. The molecule has 0 nitrogen and oxygen atoms in total. The van der Waals surface area contributed by atoms with Crippen molar-refractivity contribution >= 4 is 0 Å². The Morgan fingerprint density at radius 3 is 2.47 bits per heavy atom. The molecule has 0 fully saturated rings. The van der Waals surface area contributed by atoms with Gasteiger partial charge in [0.2, 0.25) is 0 Å². The molecule has 2 aliphatic rings. The summed E-state index contributed by atoms with van der Waals surface area (Å²) in [4.78, 5) is 0. The summed E-state index contributed by atoms with van der Waals surface area (Å²) < 4.78 is 0. The van der Waals surface area contributed by atoms with Gasteiger partial charge >= 0.3 is 0 Å². The Hall–Kier alpha value is -0.131. The smallest absolute Gasteiger partial charge is 0 e. The van der Waals surface area contributed by atoms with Gasteiger partial charge in [0, 0.05) is 20.1 Å². The van der Waals surface area contributed by atoms with Gasteiger partial charge in [-0.1, -0.05) is 23.8 Å². The Balaban J connectivity index is 0.00000112. The molecule has 0 bridgehead atoms.